The van der Waals surface area contributed by atoms with E-state index in [1.54, 1.807) is 0 Å². The third-order valence-corrected chi connectivity index (χ3v) is 8.37. The fourth-order valence-electron chi connectivity index (χ4n) is 4.67. The van der Waals surface area contributed by atoms with Crippen molar-refractivity contribution in [3.05, 3.63) is 51.9 Å². The Hall–Kier alpha value is -3.45. The van der Waals surface area contributed by atoms with Crippen molar-refractivity contribution in [1.29, 1.82) is 0 Å². The Kier molecular flexibility index (Phi) is 6.19. The maximum Gasteiger partial charge on any atom is 0.352 e. The predicted molar refractivity (Wildman–Crippen MR) is 128 cm³/mol. The average Bonchev–Trinajstić information content (AvgIpc) is 3.49. The second-order valence-electron chi connectivity index (χ2n) is 8.27. The van der Waals surface area contributed by atoms with Gasteiger partial charge in [-0.25, -0.2) is 9.78 Å². The molecule has 1 saturated heterocycles. The second kappa shape index (κ2) is 9.30. The second-order valence-corrected chi connectivity index (χ2v) is 10.4. The topological polar surface area (TPSA) is 151 Å². The van der Waals surface area contributed by atoms with Gasteiger partial charge in [0.05, 0.1) is 4.88 Å². The summed E-state index contributed by atoms with van der Waals surface area (Å²) in [5, 5.41) is 16.2. The molecular formula is C22H23N6O5S2+. The minimum absolute atomic E-state index is 0.00615. The van der Waals surface area contributed by atoms with Crippen molar-refractivity contribution >= 4 is 51.7 Å². The predicted octanol–water partition coefficient (Wildman–Crippen LogP) is 0.291. The van der Waals surface area contributed by atoms with Crippen LogP contribution in [0.4, 0.5) is 5.13 Å². The lowest BCUT2D eigenvalue weighted by molar-refractivity contribution is -0.696. The number of thiazole rings is 1. The first-order chi connectivity index (χ1) is 16.9. The van der Waals surface area contributed by atoms with Crippen molar-refractivity contribution in [3.8, 4) is 0 Å². The highest BCUT2D eigenvalue weighted by molar-refractivity contribution is 8.00. The number of carboxylic acid groups (broad SMARTS) is 1. The van der Waals surface area contributed by atoms with Gasteiger partial charge in [0.2, 0.25) is 0 Å². The Bertz CT molecular complexity index is 1290. The van der Waals surface area contributed by atoms with E-state index >= 15 is 0 Å². The number of fused-ring (bicyclic) bond motifs is 2. The minimum Gasteiger partial charge on any atom is -0.477 e. The van der Waals surface area contributed by atoms with E-state index in [0.29, 0.717) is 22.7 Å². The van der Waals surface area contributed by atoms with Crippen LogP contribution in [-0.2, 0) is 38.6 Å². The molecule has 1 unspecified atom stereocenters. The van der Waals surface area contributed by atoms with Crippen molar-refractivity contribution in [2.24, 2.45) is 5.16 Å². The van der Waals surface area contributed by atoms with Crippen molar-refractivity contribution in [2.75, 3.05) is 18.6 Å². The largest absolute Gasteiger partial charge is 0.477 e. The molecule has 0 spiro atoms. The molecule has 2 amide bonds. The number of β-lactam (4-membered cyclic amide) rings is 1. The summed E-state index contributed by atoms with van der Waals surface area (Å²) in [6.07, 6.45) is 6.41. The number of rotatable bonds is 7. The molecule has 35 heavy (non-hydrogen) atoms. The van der Waals surface area contributed by atoms with Crippen molar-refractivity contribution in [3.63, 3.8) is 0 Å². The van der Waals surface area contributed by atoms with Crippen LogP contribution >= 0.6 is 23.1 Å². The number of aryl methyl sites for hydroxylation is 1. The lowest BCUT2D eigenvalue weighted by Crippen LogP contribution is -2.71. The highest BCUT2D eigenvalue weighted by Crippen LogP contribution is 2.40. The molecule has 5 rings (SSSR count). The summed E-state index contributed by atoms with van der Waals surface area (Å²) in [5.74, 6) is -1.83. The van der Waals surface area contributed by atoms with Gasteiger partial charge in [-0.2, -0.15) is 4.57 Å². The van der Waals surface area contributed by atoms with Gasteiger partial charge in [-0.3, -0.25) is 14.5 Å². The van der Waals surface area contributed by atoms with Crippen LogP contribution in [0.15, 0.2) is 41.0 Å². The number of oxime groups is 1. The van der Waals surface area contributed by atoms with E-state index in [1.807, 2.05) is 12.3 Å². The van der Waals surface area contributed by atoms with Crippen LogP contribution in [0.25, 0.3) is 0 Å². The molecule has 2 atom stereocenters. The Morgan fingerprint density at radius 1 is 1.43 bits per heavy atom. The van der Waals surface area contributed by atoms with E-state index in [4.69, 9.17) is 10.6 Å². The molecule has 0 bridgehead atoms. The van der Waals surface area contributed by atoms with Crippen LogP contribution in [0.3, 0.4) is 0 Å². The molecule has 13 heteroatoms. The highest BCUT2D eigenvalue weighted by atomic mass is 32.2. The van der Waals surface area contributed by atoms with Gasteiger partial charge in [0.1, 0.15) is 24.2 Å². The normalized spacial score (nSPS) is 21.3. The van der Waals surface area contributed by atoms with E-state index in [0.717, 1.165) is 30.6 Å². The summed E-state index contributed by atoms with van der Waals surface area (Å²) in [7, 11) is 1.30. The minimum atomic E-state index is -1.15. The smallest absolute Gasteiger partial charge is 0.352 e. The molecular weight excluding hydrogens is 492 g/mol. The molecule has 1 aliphatic carbocycles. The summed E-state index contributed by atoms with van der Waals surface area (Å²) < 4.78 is 2.08. The number of hydrogen-bond acceptors (Lipinski definition) is 9. The number of nitrogens with zero attached hydrogens (tertiary/aromatic N) is 4. The monoisotopic (exact) mass is 515 g/mol. The van der Waals surface area contributed by atoms with E-state index in [1.165, 1.54) is 41.2 Å². The Morgan fingerprint density at radius 2 is 2.26 bits per heavy atom. The molecule has 4 N–H and O–H groups in total. The van der Waals surface area contributed by atoms with Crippen molar-refractivity contribution in [2.45, 2.75) is 37.2 Å². The highest BCUT2D eigenvalue weighted by Gasteiger charge is 2.55. The maximum absolute atomic E-state index is 13.0. The van der Waals surface area contributed by atoms with Crippen molar-refractivity contribution < 1.29 is 28.9 Å². The first-order valence-corrected chi connectivity index (χ1v) is 12.8. The zero-order valence-electron chi connectivity index (χ0n) is 18.8. The Balaban J connectivity index is 1.36. The lowest BCUT2D eigenvalue weighted by atomic mass is 10.0. The van der Waals surface area contributed by atoms with E-state index in [2.05, 4.69) is 26.1 Å². The third-order valence-electron chi connectivity index (χ3n) is 6.19. The fourth-order valence-corrected chi connectivity index (χ4v) is 6.66. The first-order valence-electron chi connectivity index (χ1n) is 10.9. The van der Waals surface area contributed by atoms with Crippen LogP contribution < -0.4 is 15.6 Å². The van der Waals surface area contributed by atoms with Gasteiger partial charge in [-0.15, -0.1) is 11.8 Å². The molecule has 1 fully saturated rings. The van der Waals surface area contributed by atoms with Crippen LogP contribution in [0.1, 0.15) is 22.6 Å². The van der Waals surface area contributed by atoms with Gasteiger partial charge in [-0.1, -0.05) is 16.5 Å². The van der Waals surface area contributed by atoms with Gasteiger partial charge in [0.15, 0.2) is 29.3 Å². The van der Waals surface area contributed by atoms with Crippen molar-refractivity contribution in [1.82, 2.24) is 15.2 Å². The zero-order valence-corrected chi connectivity index (χ0v) is 20.4. The molecule has 2 aromatic heterocycles. The number of carbonyl (C=O) groups is 3. The standard InChI is InChI=1S/C22H22N6O5S2/c1-33-26-15(14-8-24-22(23)35-14)18(29)25-16-19(30)28-17(21(31)32)12(10-34-20(16)28)9-27-7-3-5-11-4-2-6-13(11)27/h3,5,7-8,16,20H,2,4,6,9-10H2,1H3,(H3-,23,24,25,26,29,31,32)/p+1/t16-,20?/m1/s1. The number of nitrogens with one attached hydrogen (secondary N) is 1. The molecule has 182 valence electrons. The molecule has 11 nitrogen and oxygen atoms in total. The molecule has 0 saturated carbocycles. The van der Waals surface area contributed by atoms with Gasteiger partial charge >= 0.3 is 5.97 Å². The third kappa shape index (κ3) is 4.14. The summed E-state index contributed by atoms with van der Waals surface area (Å²) in [6.45, 7) is 0.406. The summed E-state index contributed by atoms with van der Waals surface area (Å²) >= 11 is 2.49. The SMILES string of the molecule is CO/N=C(/C(=O)N[C@@H]1C(=O)N2C(C(=O)O)=C(C[n+]3cccc4c3CCC4)CSC12)c1cnc(N)s1. The van der Waals surface area contributed by atoms with Gasteiger partial charge in [-0.05, 0) is 18.9 Å². The molecule has 3 aliphatic rings. The number of thioether (sulfide) groups is 1. The number of pyridine rings is 1. The summed E-state index contributed by atoms with van der Waals surface area (Å²) in [6, 6.07) is 3.19. The molecule has 2 aromatic rings. The van der Waals surface area contributed by atoms with E-state index in [-0.39, 0.29) is 16.5 Å². The number of carboxylic acids is 1. The maximum atomic E-state index is 13.0. The number of hydrogen-bond donors (Lipinski definition) is 3. The zero-order chi connectivity index (χ0) is 24.7. The lowest BCUT2D eigenvalue weighted by Gasteiger charge is -2.49. The summed E-state index contributed by atoms with van der Waals surface area (Å²) in [5.41, 5.74) is 8.76. The number of amides is 2. The van der Waals surface area contributed by atoms with Crippen LogP contribution in [-0.4, -0.2) is 62.8 Å². The molecule has 0 aromatic carbocycles. The van der Waals surface area contributed by atoms with Crippen LogP contribution in [0.5, 0.6) is 0 Å². The van der Waals surface area contributed by atoms with Gasteiger partial charge < -0.3 is 21.0 Å². The van der Waals surface area contributed by atoms with E-state index in [9.17, 15) is 19.5 Å². The Labute approximate surface area is 208 Å². The first kappa shape index (κ1) is 23.3. The quantitative estimate of drug-likeness (QED) is 0.206. The number of nitrogens with two attached hydrogens (primary N) is 1. The number of aliphatic carboxylic acids is 1. The van der Waals surface area contributed by atoms with Gasteiger partial charge in [0.25, 0.3) is 11.8 Å². The van der Waals surface area contributed by atoms with Crippen LogP contribution in [0, 0.1) is 0 Å². The number of carbonyl (C=O) groups excluding carboxylic acids is 2. The average molecular weight is 516 g/mol. The number of anilines is 1. The Morgan fingerprint density at radius 3 is 2.97 bits per heavy atom. The number of aromatic nitrogens is 2. The van der Waals surface area contributed by atoms with E-state index < -0.39 is 29.2 Å². The molecule has 2 aliphatic heterocycles. The molecule has 0 radical (unpaired) electrons. The summed E-state index contributed by atoms with van der Waals surface area (Å²) in [4.78, 5) is 48.5. The van der Waals surface area contributed by atoms with Crippen LogP contribution in [0.2, 0.25) is 0 Å². The number of nitrogen functional groups attached to an aromatic ring is 1. The fraction of sp³-hybridized carbons (Fsp3) is 0.364. The van der Waals surface area contributed by atoms with Gasteiger partial charge in [0, 0.05) is 35.6 Å². The molecule has 4 heterocycles.